The maximum Gasteiger partial charge on any atom is 0.0398 e. The van der Waals surface area contributed by atoms with Crippen molar-refractivity contribution in [1.29, 1.82) is 0 Å². The molecule has 0 atom stereocenters. The van der Waals surface area contributed by atoms with Crippen LogP contribution in [-0.4, -0.2) is 19.6 Å². The molecule has 2 N–H and O–H groups in total. The van der Waals surface area contributed by atoms with Crippen LogP contribution in [0.15, 0.2) is 24.3 Å². The van der Waals surface area contributed by atoms with Crippen LogP contribution in [0, 0.1) is 5.41 Å². The Bertz CT molecular complexity index is 390. The molecule has 0 bridgehead atoms. The normalized spacial score (nSPS) is 21.8. The summed E-state index contributed by atoms with van der Waals surface area (Å²) in [5, 5.41) is 0. The molecule has 0 unspecified atom stereocenters. The van der Waals surface area contributed by atoms with Crippen LogP contribution in [0.5, 0.6) is 0 Å². The molecule has 0 aromatic heterocycles. The second-order valence-electron chi connectivity index (χ2n) is 5.71. The van der Waals surface area contributed by atoms with Gasteiger partial charge in [-0.15, -0.1) is 0 Å². The van der Waals surface area contributed by atoms with Gasteiger partial charge in [0, 0.05) is 24.2 Å². The lowest BCUT2D eigenvalue weighted by atomic mass is 9.68. The maximum absolute atomic E-state index is 5.98. The predicted molar refractivity (Wildman–Crippen MR) is 72.3 cm³/mol. The van der Waals surface area contributed by atoms with Crippen molar-refractivity contribution in [3.05, 3.63) is 29.8 Å². The Balaban J connectivity index is 1.81. The summed E-state index contributed by atoms with van der Waals surface area (Å²) in [6.45, 7) is 3.23. The monoisotopic (exact) mass is 230 g/mol. The molecule has 1 aromatic carbocycles. The molecule has 0 radical (unpaired) electrons. The van der Waals surface area contributed by atoms with Crippen molar-refractivity contribution in [1.82, 2.24) is 0 Å². The van der Waals surface area contributed by atoms with Gasteiger partial charge in [-0.3, -0.25) is 0 Å². The Morgan fingerprint density at radius 3 is 2.71 bits per heavy atom. The number of nitrogens with two attached hydrogens (primary N) is 1. The molecule has 1 aliphatic carbocycles. The lowest BCUT2D eigenvalue weighted by molar-refractivity contribution is 0.151. The summed E-state index contributed by atoms with van der Waals surface area (Å²) < 4.78 is 0. The second kappa shape index (κ2) is 4.34. The molecule has 1 fully saturated rings. The minimum Gasteiger partial charge on any atom is -0.371 e. The average Bonchev–Trinajstić information content (AvgIpc) is 2.34. The summed E-state index contributed by atoms with van der Waals surface area (Å²) in [4.78, 5) is 2.57. The first-order valence-corrected chi connectivity index (χ1v) is 6.86. The number of benzene rings is 1. The highest BCUT2D eigenvalue weighted by atomic mass is 15.1. The standard InChI is InChI=1S/C15H22N2/c16-11-15(8-4-9-15)12-17-10-3-6-13-5-1-2-7-14(13)17/h1-2,5,7H,3-4,6,8-12,16H2. The van der Waals surface area contributed by atoms with E-state index >= 15 is 0 Å². The van der Waals surface area contributed by atoms with Crippen LogP contribution in [0.25, 0.3) is 0 Å². The van der Waals surface area contributed by atoms with Crippen molar-refractivity contribution < 1.29 is 0 Å². The van der Waals surface area contributed by atoms with E-state index in [1.165, 1.54) is 56.4 Å². The van der Waals surface area contributed by atoms with Gasteiger partial charge < -0.3 is 10.6 Å². The largest absolute Gasteiger partial charge is 0.371 e. The Labute approximate surface area is 104 Å². The van der Waals surface area contributed by atoms with Gasteiger partial charge in [0.1, 0.15) is 0 Å². The first-order valence-electron chi connectivity index (χ1n) is 6.86. The summed E-state index contributed by atoms with van der Waals surface area (Å²) in [7, 11) is 0. The molecule has 92 valence electrons. The van der Waals surface area contributed by atoms with Crippen molar-refractivity contribution in [3.8, 4) is 0 Å². The van der Waals surface area contributed by atoms with Crippen molar-refractivity contribution in [2.45, 2.75) is 32.1 Å². The molecular weight excluding hydrogens is 208 g/mol. The number of rotatable bonds is 3. The quantitative estimate of drug-likeness (QED) is 0.864. The zero-order chi connectivity index (χ0) is 11.7. The van der Waals surface area contributed by atoms with E-state index in [0.717, 1.165) is 6.54 Å². The fraction of sp³-hybridized carbons (Fsp3) is 0.600. The summed E-state index contributed by atoms with van der Waals surface area (Å²) in [6.07, 6.45) is 6.54. The molecule has 17 heavy (non-hydrogen) atoms. The third-order valence-electron chi connectivity index (χ3n) is 4.58. The minimum atomic E-state index is 0.421. The van der Waals surface area contributed by atoms with Gasteiger partial charge in [-0.05, 0) is 43.9 Å². The van der Waals surface area contributed by atoms with E-state index in [-0.39, 0.29) is 0 Å². The first kappa shape index (κ1) is 11.1. The smallest absolute Gasteiger partial charge is 0.0398 e. The number of aryl methyl sites for hydroxylation is 1. The fourth-order valence-corrected chi connectivity index (χ4v) is 3.28. The van der Waals surface area contributed by atoms with E-state index in [4.69, 9.17) is 5.73 Å². The molecule has 0 saturated heterocycles. The van der Waals surface area contributed by atoms with Crippen LogP contribution in [0.3, 0.4) is 0 Å². The third-order valence-corrected chi connectivity index (χ3v) is 4.58. The number of nitrogens with zero attached hydrogens (tertiary/aromatic N) is 1. The molecule has 1 heterocycles. The summed E-state index contributed by atoms with van der Waals surface area (Å²) in [5.74, 6) is 0. The van der Waals surface area contributed by atoms with Gasteiger partial charge in [0.15, 0.2) is 0 Å². The zero-order valence-corrected chi connectivity index (χ0v) is 10.5. The Hall–Kier alpha value is -1.02. The lowest BCUT2D eigenvalue weighted by Crippen LogP contribution is -2.48. The van der Waals surface area contributed by atoms with Crippen molar-refractivity contribution in [2.75, 3.05) is 24.5 Å². The molecule has 1 aliphatic heterocycles. The van der Waals surface area contributed by atoms with Gasteiger partial charge in [-0.2, -0.15) is 0 Å². The Kier molecular flexibility index (Phi) is 2.83. The summed E-state index contributed by atoms with van der Waals surface area (Å²) in [5.41, 5.74) is 9.38. The minimum absolute atomic E-state index is 0.421. The molecule has 0 spiro atoms. The highest BCUT2D eigenvalue weighted by Gasteiger charge is 2.37. The fourth-order valence-electron chi connectivity index (χ4n) is 3.28. The van der Waals surface area contributed by atoms with Crippen LogP contribution in [-0.2, 0) is 6.42 Å². The SMILES string of the molecule is NCC1(CN2CCCc3ccccc32)CCC1. The van der Waals surface area contributed by atoms with E-state index in [1.54, 1.807) is 0 Å². The Morgan fingerprint density at radius 1 is 1.18 bits per heavy atom. The van der Waals surface area contributed by atoms with E-state index in [0.29, 0.717) is 5.41 Å². The van der Waals surface area contributed by atoms with Gasteiger partial charge in [0.25, 0.3) is 0 Å². The van der Waals surface area contributed by atoms with Crippen LogP contribution in [0.2, 0.25) is 0 Å². The van der Waals surface area contributed by atoms with Crippen molar-refractivity contribution in [3.63, 3.8) is 0 Å². The van der Waals surface area contributed by atoms with Crippen LogP contribution in [0.1, 0.15) is 31.2 Å². The Morgan fingerprint density at radius 2 is 2.00 bits per heavy atom. The van der Waals surface area contributed by atoms with Crippen LogP contribution >= 0.6 is 0 Å². The average molecular weight is 230 g/mol. The topological polar surface area (TPSA) is 29.3 Å². The third kappa shape index (κ3) is 1.95. The lowest BCUT2D eigenvalue weighted by Gasteiger charge is -2.46. The maximum atomic E-state index is 5.98. The van der Waals surface area contributed by atoms with E-state index in [2.05, 4.69) is 29.2 Å². The molecular formula is C15H22N2. The van der Waals surface area contributed by atoms with Gasteiger partial charge >= 0.3 is 0 Å². The first-order chi connectivity index (χ1) is 8.33. The highest BCUT2D eigenvalue weighted by molar-refractivity contribution is 5.55. The zero-order valence-electron chi connectivity index (χ0n) is 10.5. The van der Waals surface area contributed by atoms with Crippen molar-refractivity contribution in [2.24, 2.45) is 11.1 Å². The van der Waals surface area contributed by atoms with Gasteiger partial charge in [-0.1, -0.05) is 24.6 Å². The highest BCUT2D eigenvalue weighted by Crippen LogP contribution is 2.42. The molecule has 1 saturated carbocycles. The van der Waals surface area contributed by atoms with E-state index < -0.39 is 0 Å². The van der Waals surface area contributed by atoms with Gasteiger partial charge in [-0.25, -0.2) is 0 Å². The van der Waals surface area contributed by atoms with Gasteiger partial charge in [0.2, 0.25) is 0 Å². The summed E-state index contributed by atoms with van der Waals surface area (Å²) >= 11 is 0. The van der Waals surface area contributed by atoms with Crippen molar-refractivity contribution >= 4 is 5.69 Å². The predicted octanol–water partition coefficient (Wildman–Crippen LogP) is 2.57. The molecule has 1 aromatic rings. The molecule has 2 nitrogen and oxygen atoms in total. The number of hydrogen-bond donors (Lipinski definition) is 1. The molecule has 0 amide bonds. The summed E-state index contributed by atoms with van der Waals surface area (Å²) in [6, 6.07) is 8.87. The number of fused-ring (bicyclic) bond motifs is 1. The molecule has 2 heteroatoms. The van der Waals surface area contributed by atoms with E-state index in [1.807, 2.05) is 0 Å². The second-order valence-corrected chi connectivity index (χ2v) is 5.71. The molecule has 2 aliphatic rings. The van der Waals surface area contributed by atoms with Crippen LogP contribution in [0.4, 0.5) is 5.69 Å². The van der Waals surface area contributed by atoms with Crippen LogP contribution < -0.4 is 10.6 Å². The van der Waals surface area contributed by atoms with Gasteiger partial charge in [0.05, 0.1) is 0 Å². The number of anilines is 1. The number of hydrogen-bond acceptors (Lipinski definition) is 2. The number of para-hydroxylation sites is 1. The van der Waals surface area contributed by atoms with E-state index in [9.17, 15) is 0 Å². The molecule has 3 rings (SSSR count).